The second-order valence-electron chi connectivity index (χ2n) is 3.57. The van der Waals surface area contributed by atoms with Crippen molar-refractivity contribution in [2.75, 3.05) is 13.2 Å². The predicted octanol–water partition coefficient (Wildman–Crippen LogP) is 3.22. The number of rotatable bonds is 1. The second-order valence-corrected chi connectivity index (χ2v) is 5.67. The van der Waals surface area contributed by atoms with Crippen LogP contribution in [0.3, 0.4) is 0 Å². The monoisotopic (exact) mass is 395 g/mol. The number of carbonyl (C=O) groups is 1. The van der Waals surface area contributed by atoms with E-state index in [4.69, 9.17) is 4.84 Å². The van der Waals surface area contributed by atoms with Gasteiger partial charge in [-0.3, -0.25) is 9.63 Å². The summed E-state index contributed by atoms with van der Waals surface area (Å²) in [6.07, 6.45) is 2.03. The molecule has 0 atom stereocenters. The van der Waals surface area contributed by atoms with Crippen molar-refractivity contribution < 1.29 is 9.63 Å². The summed E-state index contributed by atoms with van der Waals surface area (Å²) in [6.45, 7) is 1.31. The smallest absolute Gasteiger partial charge is 0.271 e. The highest BCUT2D eigenvalue weighted by atomic mass is 127. The van der Waals surface area contributed by atoms with Crippen molar-refractivity contribution in [1.82, 2.24) is 5.06 Å². The average Bonchev–Trinajstić information content (AvgIpc) is 2.32. The number of carbonyl (C=O) groups excluding carboxylic acids is 1. The van der Waals surface area contributed by atoms with E-state index in [1.54, 1.807) is 0 Å². The van der Waals surface area contributed by atoms with Gasteiger partial charge in [0, 0.05) is 14.6 Å². The van der Waals surface area contributed by atoms with E-state index in [-0.39, 0.29) is 5.91 Å². The zero-order chi connectivity index (χ0) is 11.5. The predicted molar refractivity (Wildman–Crippen MR) is 73.1 cm³/mol. The summed E-state index contributed by atoms with van der Waals surface area (Å²) in [5, 5.41) is 1.46. The van der Waals surface area contributed by atoms with Gasteiger partial charge in [0.1, 0.15) is 0 Å². The molecule has 0 N–H and O–H groups in total. The SMILES string of the molecule is O=C(c1cc(I)ccc1Br)N1CCCCO1. The maximum Gasteiger partial charge on any atom is 0.278 e. The maximum absolute atomic E-state index is 12.1. The average molecular weight is 396 g/mol. The van der Waals surface area contributed by atoms with E-state index >= 15 is 0 Å². The lowest BCUT2D eigenvalue weighted by atomic mass is 10.2. The molecular weight excluding hydrogens is 385 g/mol. The zero-order valence-corrected chi connectivity index (χ0v) is 12.3. The molecule has 0 saturated carbocycles. The molecule has 0 aliphatic carbocycles. The van der Waals surface area contributed by atoms with Gasteiger partial charge in [0.25, 0.3) is 5.91 Å². The van der Waals surface area contributed by atoms with Gasteiger partial charge >= 0.3 is 0 Å². The topological polar surface area (TPSA) is 29.5 Å². The minimum atomic E-state index is -0.0647. The normalized spacial score (nSPS) is 16.2. The van der Waals surface area contributed by atoms with Gasteiger partial charge in [-0.2, -0.15) is 0 Å². The number of benzene rings is 1. The molecule has 0 radical (unpaired) electrons. The molecule has 0 bridgehead atoms. The highest BCUT2D eigenvalue weighted by Gasteiger charge is 2.21. The third-order valence-electron chi connectivity index (χ3n) is 2.39. The first-order valence-corrected chi connectivity index (χ1v) is 6.95. The van der Waals surface area contributed by atoms with Gasteiger partial charge in [-0.1, -0.05) is 0 Å². The van der Waals surface area contributed by atoms with Crippen molar-refractivity contribution >= 4 is 44.4 Å². The molecule has 1 saturated heterocycles. The Balaban J connectivity index is 2.22. The summed E-state index contributed by atoms with van der Waals surface area (Å²) in [5.74, 6) is -0.0647. The van der Waals surface area contributed by atoms with Gasteiger partial charge in [-0.05, 0) is 69.6 Å². The maximum atomic E-state index is 12.1. The molecule has 1 aliphatic heterocycles. The van der Waals surface area contributed by atoms with Crippen molar-refractivity contribution in [3.8, 4) is 0 Å². The van der Waals surface area contributed by atoms with Crippen molar-refractivity contribution in [2.24, 2.45) is 0 Å². The fourth-order valence-corrected chi connectivity index (χ4v) is 2.46. The Morgan fingerprint density at radius 1 is 1.44 bits per heavy atom. The van der Waals surface area contributed by atoms with Gasteiger partial charge in [-0.25, -0.2) is 5.06 Å². The van der Waals surface area contributed by atoms with E-state index in [1.165, 1.54) is 5.06 Å². The first kappa shape index (κ1) is 12.3. The van der Waals surface area contributed by atoms with E-state index in [9.17, 15) is 4.79 Å². The van der Waals surface area contributed by atoms with Crippen molar-refractivity contribution in [1.29, 1.82) is 0 Å². The van der Waals surface area contributed by atoms with Crippen LogP contribution in [0.2, 0.25) is 0 Å². The molecule has 1 aromatic carbocycles. The first-order chi connectivity index (χ1) is 7.68. The van der Waals surface area contributed by atoms with Crippen molar-refractivity contribution in [3.63, 3.8) is 0 Å². The standard InChI is InChI=1S/C11H11BrINO2/c12-10-4-3-8(13)7-9(10)11(15)14-5-1-2-6-16-14/h3-4,7H,1-2,5-6H2. The van der Waals surface area contributed by atoms with Crippen LogP contribution < -0.4 is 0 Å². The Bertz CT molecular complexity index is 405. The largest absolute Gasteiger partial charge is 0.278 e. The third kappa shape index (κ3) is 2.75. The first-order valence-electron chi connectivity index (χ1n) is 5.08. The van der Waals surface area contributed by atoms with Crippen LogP contribution in [0.1, 0.15) is 23.2 Å². The van der Waals surface area contributed by atoms with Crippen LogP contribution in [-0.2, 0) is 4.84 Å². The number of hydrogen-bond acceptors (Lipinski definition) is 2. The highest BCUT2D eigenvalue weighted by Crippen LogP contribution is 2.22. The number of nitrogens with zero attached hydrogens (tertiary/aromatic N) is 1. The highest BCUT2D eigenvalue weighted by molar-refractivity contribution is 14.1. The second kappa shape index (κ2) is 5.46. The molecule has 0 spiro atoms. The number of amides is 1. The Morgan fingerprint density at radius 3 is 2.94 bits per heavy atom. The Kier molecular flexibility index (Phi) is 4.21. The summed E-state index contributed by atoms with van der Waals surface area (Å²) in [6, 6.07) is 5.71. The minimum absolute atomic E-state index is 0.0647. The van der Waals surface area contributed by atoms with Crippen LogP contribution in [0.25, 0.3) is 0 Å². The summed E-state index contributed by atoms with van der Waals surface area (Å²) < 4.78 is 1.85. The number of hydroxylamine groups is 2. The molecule has 3 nitrogen and oxygen atoms in total. The van der Waals surface area contributed by atoms with E-state index in [1.807, 2.05) is 18.2 Å². The molecular formula is C11H11BrINO2. The van der Waals surface area contributed by atoms with Gasteiger partial charge in [0.05, 0.1) is 12.2 Å². The van der Waals surface area contributed by atoms with Crippen LogP contribution in [0.15, 0.2) is 22.7 Å². The summed E-state index contributed by atoms with van der Waals surface area (Å²) in [7, 11) is 0. The molecule has 2 rings (SSSR count). The van der Waals surface area contributed by atoms with Gasteiger partial charge < -0.3 is 0 Å². The van der Waals surface area contributed by atoms with Crippen LogP contribution in [0.5, 0.6) is 0 Å². The van der Waals surface area contributed by atoms with E-state index in [0.29, 0.717) is 18.7 Å². The van der Waals surface area contributed by atoms with Crippen LogP contribution >= 0.6 is 38.5 Å². The molecule has 5 heteroatoms. The molecule has 1 aromatic rings. The van der Waals surface area contributed by atoms with Gasteiger partial charge in [0.2, 0.25) is 0 Å². The molecule has 16 heavy (non-hydrogen) atoms. The summed E-state index contributed by atoms with van der Waals surface area (Å²) >= 11 is 5.59. The molecule has 0 aromatic heterocycles. The molecule has 1 heterocycles. The van der Waals surface area contributed by atoms with E-state index in [2.05, 4.69) is 38.5 Å². The minimum Gasteiger partial charge on any atom is -0.271 e. The zero-order valence-electron chi connectivity index (χ0n) is 8.58. The lowest BCUT2D eigenvalue weighted by molar-refractivity contribution is -0.144. The van der Waals surface area contributed by atoms with Crippen LogP contribution in [0.4, 0.5) is 0 Å². The molecule has 1 aliphatic rings. The fourth-order valence-electron chi connectivity index (χ4n) is 1.55. The fraction of sp³-hybridized carbons (Fsp3) is 0.364. The molecule has 86 valence electrons. The Labute approximate surface area is 116 Å². The Hall–Kier alpha value is -0.140. The van der Waals surface area contributed by atoms with E-state index in [0.717, 1.165) is 20.9 Å². The third-order valence-corrected chi connectivity index (χ3v) is 3.75. The number of hydrogen-bond donors (Lipinski definition) is 0. The lowest BCUT2D eigenvalue weighted by Crippen LogP contribution is -2.35. The van der Waals surface area contributed by atoms with Crippen molar-refractivity contribution in [3.05, 3.63) is 31.8 Å². The quantitative estimate of drug-likeness (QED) is 0.683. The van der Waals surface area contributed by atoms with Crippen LogP contribution in [0, 0.1) is 3.57 Å². The number of halogens is 2. The lowest BCUT2D eigenvalue weighted by Gasteiger charge is -2.26. The van der Waals surface area contributed by atoms with Gasteiger partial charge in [0.15, 0.2) is 0 Å². The van der Waals surface area contributed by atoms with E-state index < -0.39 is 0 Å². The molecule has 0 unspecified atom stereocenters. The molecule has 1 fully saturated rings. The summed E-state index contributed by atoms with van der Waals surface area (Å²) in [5.41, 5.74) is 0.661. The Morgan fingerprint density at radius 2 is 2.25 bits per heavy atom. The van der Waals surface area contributed by atoms with Crippen molar-refractivity contribution in [2.45, 2.75) is 12.8 Å². The molecule has 1 amide bonds. The summed E-state index contributed by atoms with van der Waals surface area (Å²) in [4.78, 5) is 17.5. The van der Waals surface area contributed by atoms with Gasteiger partial charge in [-0.15, -0.1) is 0 Å². The van der Waals surface area contributed by atoms with Crippen LogP contribution in [-0.4, -0.2) is 24.1 Å².